The average Bonchev–Trinajstić information content (AvgIpc) is 2.45. The topological polar surface area (TPSA) is 88.6 Å². The number of amidine groups is 1. The van der Waals surface area contributed by atoms with Crippen molar-refractivity contribution in [1.82, 2.24) is 4.90 Å². The van der Waals surface area contributed by atoms with Crippen LogP contribution in [0.25, 0.3) is 0 Å². The second kappa shape index (κ2) is 7.80. The molecular weight excluding hydrogens is 301 g/mol. The minimum Gasteiger partial charge on any atom is -0.483 e. The average molecular weight is 318 g/mol. The summed E-state index contributed by atoms with van der Waals surface area (Å²) in [6.07, 6.45) is 0. The van der Waals surface area contributed by atoms with Gasteiger partial charge in [0.25, 0.3) is 5.91 Å². The molecule has 2 rings (SSSR count). The Bertz CT molecular complexity index is 521. The predicted octanol–water partition coefficient (Wildman–Crippen LogP) is 0.769. The number of hydrogen-bond donors (Lipinski definition) is 2. The van der Waals surface area contributed by atoms with E-state index in [2.05, 4.69) is 0 Å². The van der Waals surface area contributed by atoms with Gasteiger partial charge >= 0.3 is 0 Å². The second-order valence-corrected chi connectivity index (χ2v) is 4.31. The van der Waals surface area contributed by atoms with Crippen molar-refractivity contribution in [2.45, 2.75) is 0 Å². The van der Waals surface area contributed by atoms with Crippen molar-refractivity contribution in [3.05, 3.63) is 29.6 Å². The number of carbonyl (C=O) groups is 1. The fourth-order valence-corrected chi connectivity index (χ4v) is 1.93. The lowest BCUT2D eigenvalue weighted by atomic mass is 10.1. The molecular formula is C13H17ClFN3O3. The molecule has 116 valence electrons. The molecule has 8 heteroatoms. The van der Waals surface area contributed by atoms with Crippen LogP contribution >= 0.6 is 12.4 Å². The molecule has 3 N–H and O–H groups in total. The van der Waals surface area contributed by atoms with Crippen LogP contribution in [0, 0.1) is 11.2 Å². The molecule has 0 saturated carbocycles. The van der Waals surface area contributed by atoms with Crippen molar-refractivity contribution >= 4 is 24.1 Å². The first kappa shape index (κ1) is 17.2. The van der Waals surface area contributed by atoms with Gasteiger partial charge < -0.3 is 20.1 Å². The fraction of sp³-hybridized carbons (Fsp3) is 0.385. The lowest BCUT2D eigenvalue weighted by Gasteiger charge is -2.26. The van der Waals surface area contributed by atoms with E-state index in [0.717, 1.165) is 0 Å². The number of nitrogens with two attached hydrogens (primary N) is 1. The summed E-state index contributed by atoms with van der Waals surface area (Å²) in [6, 6.07) is 4.11. The Labute approximate surface area is 127 Å². The Morgan fingerprint density at radius 3 is 2.71 bits per heavy atom. The van der Waals surface area contributed by atoms with Gasteiger partial charge in [-0.3, -0.25) is 10.2 Å². The van der Waals surface area contributed by atoms with E-state index in [0.29, 0.717) is 26.3 Å². The van der Waals surface area contributed by atoms with E-state index >= 15 is 0 Å². The maximum atomic E-state index is 13.6. The molecule has 1 saturated heterocycles. The minimum absolute atomic E-state index is 0. The summed E-state index contributed by atoms with van der Waals surface area (Å²) in [5, 5.41) is 7.34. The third-order valence-corrected chi connectivity index (χ3v) is 2.96. The van der Waals surface area contributed by atoms with Gasteiger partial charge in [0.15, 0.2) is 6.61 Å². The van der Waals surface area contributed by atoms with Crippen LogP contribution in [-0.2, 0) is 9.53 Å². The summed E-state index contributed by atoms with van der Waals surface area (Å²) in [6.45, 7) is 1.83. The van der Waals surface area contributed by atoms with Gasteiger partial charge in [-0.25, -0.2) is 4.39 Å². The molecule has 1 heterocycles. The third-order valence-electron chi connectivity index (χ3n) is 2.96. The highest BCUT2D eigenvalue weighted by Crippen LogP contribution is 2.20. The molecule has 0 aliphatic carbocycles. The Hall–Kier alpha value is -1.86. The van der Waals surface area contributed by atoms with E-state index in [-0.39, 0.29) is 36.2 Å². The first-order valence-corrected chi connectivity index (χ1v) is 6.21. The maximum absolute atomic E-state index is 13.6. The predicted molar refractivity (Wildman–Crippen MR) is 77.6 cm³/mol. The highest BCUT2D eigenvalue weighted by atomic mass is 35.5. The van der Waals surface area contributed by atoms with Crippen molar-refractivity contribution in [3.8, 4) is 5.75 Å². The van der Waals surface area contributed by atoms with Gasteiger partial charge in [-0.05, 0) is 12.1 Å². The zero-order valence-corrected chi connectivity index (χ0v) is 12.1. The Morgan fingerprint density at radius 1 is 1.43 bits per heavy atom. The standard InChI is InChI=1S/C13H16FN3O3.ClH/c14-9-2-1-3-10(12(9)13(15)16)20-8-11(18)17-4-6-19-7-5-17;/h1-3H,4-8H2,(H3,15,16);1H. The SMILES string of the molecule is Cl.N=C(N)c1c(F)cccc1OCC(=O)N1CCOCC1. The number of benzene rings is 1. The molecule has 0 radical (unpaired) electrons. The van der Waals surface area contributed by atoms with Crippen LogP contribution in [0.5, 0.6) is 5.75 Å². The number of halogens is 2. The molecule has 0 aromatic heterocycles. The summed E-state index contributed by atoms with van der Waals surface area (Å²) in [5.41, 5.74) is 5.19. The van der Waals surface area contributed by atoms with Crippen molar-refractivity contribution < 1.29 is 18.7 Å². The van der Waals surface area contributed by atoms with Gasteiger partial charge in [0.2, 0.25) is 0 Å². The number of ether oxygens (including phenoxy) is 2. The molecule has 6 nitrogen and oxygen atoms in total. The molecule has 0 unspecified atom stereocenters. The van der Waals surface area contributed by atoms with Crippen molar-refractivity contribution in [2.75, 3.05) is 32.9 Å². The van der Waals surface area contributed by atoms with Crippen LogP contribution in [-0.4, -0.2) is 49.6 Å². The molecule has 1 aliphatic rings. The van der Waals surface area contributed by atoms with Gasteiger partial charge in [-0.1, -0.05) is 6.07 Å². The first-order chi connectivity index (χ1) is 9.59. The smallest absolute Gasteiger partial charge is 0.260 e. The van der Waals surface area contributed by atoms with Crippen LogP contribution < -0.4 is 10.5 Å². The highest BCUT2D eigenvalue weighted by Gasteiger charge is 2.19. The molecule has 0 bridgehead atoms. The molecule has 1 aromatic rings. The van der Waals surface area contributed by atoms with Gasteiger partial charge in [-0.15, -0.1) is 12.4 Å². The third kappa shape index (κ3) is 4.30. The number of rotatable bonds is 4. The lowest BCUT2D eigenvalue weighted by molar-refractivity contribution is -0.137. The minimum atomic E-state index is -0.645. The van der Waals surface area contributed by atoms with E-state index in [4.69, 9.17) is 20.6 Å². The van der Waals surface area contributed by atoms with Crippen molar-refractivity contribution in [1.29, 1.82) is 5.41 Å². The zero-order chi connectivity index (χ0) is 14.5. The van der Waals surface area contributed by atoms with Crippen LogP contribution in [0.1, 0.15) is 5.56 Å². The Kier molecular flexibility index (Phi) is 6.39. The summed E-state index contributed by atoms with van der Waals surface area (Å²) in [4.78, 5) is 13.5. The molecule has 1 aliphatic heterocycles. The maximum Gasteiger partial charge on any atom is 0.260 e. The normalized spacial score (nSPS) is 14.2. The van der Waals surface area contributed by atoms with E-state index in [1.54, 1.807) is 4.90 Å². The van der Waals surface area contributed by atoms with E-state index in [9.17, 15) is 9.18 Å². The Balaban J connectivity index is 0.00000220. The number of nitrogens with one attached hydrogen (secondary N) is 1. The molecule has 1 fully saturated rings. The first-order valence-electron chi connectivity index (χ1n) is 6.21. The quantitative estimate of drug-likeness (QED) is 0.634. The number of nitrogen functional groups attached to an aromatic ring is 1. The molecule has 1 aromatic carbocycles. The number of amides is 1. The van der Waals surface area contributed by atoms with Crippen LogP contribution in [0.4, 0.5) is 4.39 Å². The van der Waals surface area contributed by atoms with E-state index in [1.165, 1.54) is 18.2 Å². The molecule has 1 amide bonds. The summed E-state index contributed by atoms with van der Waals surface area (Å²) >= 11 is 0. The molecule has 0 spiro atoms. The largest absolute Gasteiger partial charge is 0.483 e. The summed E-state index contributed by atoms with van der Waals surface area (Å²) in [7, 11) is 0. The van der Waals surface area contributed by atoms with Gasteiger partial charge in [0.1, 0.15) is 17.4 Å². The number of nitrogens with zero attached hydrogens (tertiary/aromatic N) is 1. The fourth-order valence-electron chi connectivity index (χ4n) is 1.93. The van der Waals surface area contributed by atoms with Gasteiger partial charge in [0, 0.05) is 13.1 Å². The number of morpholine rings is 1. The van der Waals surface area contributed by atoms with E-state index < -0.39 is 11.7 Å². The van der Waals surface area contributed by atoms with E-state index in [1.807, 2.05) is 0 Å². The number of hydrogen-bond acceptors (Lipinski definition) is 4. The van der Waals surface area contributed by atoms with Crippen LogP contribution in [0.3, 0.4) is 0 Å². The monoisotopic (exact) mass is 317 g/mol. The van der Waals surface area contributed by atoms with Gasteiger partial charge in [0.05, 0.1) is 18.8 Å². The molecule has 21 heavy (non-hydrogen) atoms. The summed E-state index contributed by atoms with van der Waals surface area (Å²) < 4.78 is 24.0. The van der Waals surface area contributed by atoms with Crippen molar-refractivity contribution in [3.63, 3.8) is 0 Å². The zero-order valence-electron chi connectivity index (χ0n) is 11.3. The second-order valence-electron chi connectivity index (χ2n) is 4.31. The van der Waals surface area contributed by atoms with Crippen LogP contribution in [0.15, 0.2) is 18.2 Å². The summed E-state index contributed by atoms with van der Waals surface area (Å²) in [5.74, 6) is -1.18. The number of carbonyl (C=O) groups excluding carboxylic acids is 1. The van der Waals surface area contributed by atoms with Crippen LogP contribution in [0.2, 0.25) is 0 Å². The highest BCUT2D eigenvalue weighted by molar-refractivity contribution is 5.98. The van der Waals surface area contributed by atoms with Gasteiger partial charge in [-0.2, -0.15) is 0 Å². The van der Waals surface area contributed by atoms with Crippen molar-refractivity contribution in [2.24, 2.45) is 5.73 Å². The Morgan fingerprint density at radius 2 is 2.10 bits per heavy atom. The lowest BCUT2D eigenvalue weighted by Crippen LogP contribution is -2.43. The molecule has 0 atom stereocenters.